The summed E-state index contributed by atoms with van der Waals surface area (Å²) >= 11 is 0. The number of ether oxygens (including phenoxy) is 3. The molecular weight excluding hydrogens is 378 g/mol. The van der Waals surface area contributed by atoms with Crippen molar-refractivity contribution in [1.29, 1.82) is 0 Å². The van der Waals surface area contributed by atoms with Crippen LogP contribution in [0, 0.1) is 6.92 Å². The highest BCUT2D eigenvalue weighted by molar-refractivity contribution is 5.80. The lowest BCUT2D eigenvalue weighted by molar-refractivity contribution is -0.127. The lowest BCUT2D eigenvalue weighted by Gasteiger charge is -2.16. The number of rotatable bonds is 9. The van der Waals surface area contributed by atoms with Gasteiger partial charge in [0.05, 0.1) is 7.11 Å². The third kappa shape index (κ3) is 6.01. The minimum Gasteiger partial charge on any atom is -0.493 e. The summed E-state index contributed by atoms with van der Waals surface area (Å²) in [4.78, 5) is 12.4. The zero-order chi connectivity index (χ0) is 21.3. The van der Waals surface area contributed by atoms with E-state index in [4.69, 9.17) is 14.2 Å². The van der Waals surface area contributed by atoms with Gasteiger partial charge in [0.15, 0.2) is 17.6 Å². The monoisotopic (exact) mass is 405 g/mol. The molecule has 0 aliphatic rings. The van der Waals surface area contributed by atoms with Crippen molar-refractivity contribution in [2.75, 3.05) is 7.11 Å². The Balaban J connectivity index is 1.55. The molecule has 0 aliphatic heterocycles. The fourth-order valence-corrected chi connectivity index (χ4v) is 2.96. The highest BCUT2D eigenvalue weighted by Crippen LogP contribution is 2.29. The van der Waals surface area contributed by atoms with Crippen LogP contribution in [0.25, 0.3) is 0 Å². The van der Waals surface area contributed by atoms with Crippen LogP contribution in [0.4, 0.5) is 0 Å². The minimum absolute atomic E-state index is 0.181. The first-order chi connectivity index (χ1) is 14.5. The molecule has 30 heavy (non-hydrogen) atoms. The summed E-state index contributed by atoms with van der Waals surface area (Å²) < 4.78 is 17.1. The lowest BCUT2D eigenvalue weighted by atomic mass is 10.2. The summed E-state index contributed by atoms with van der Waals surface area (Å²) in [5.74, 6) is 1.79. The summed E-state index contributed by atoms with van der Waals surface area (Å²) in [6.07, 6.45) is -0.595. The molecule has 0 saturated carbocycles. The SMILES string of the molecule is COc1cc(CNC(=O)C(C)Oc2cccc(C)c2)ccc1OCc1ccccc1. The van der Waals surface area contributed by atoms with Crippen LogP contribution in [-0.2, 0) is 17.9 Å². The van der Waals surface area contributed by atoms with Gasteiger partial charge >= 0.3 is 0 Å². The van der Waals surface area contributed by atoms with Crippen molar-refractivity contribution in [2.45, 2.75) is 33.1 Å². The number of aryl methyl sites for hydroxylation is 1. The molecule has 5 heteroatoms. The predicted octanol–water partition coefficient (Wildman–Crippen LogP) is 4.67. The van der Waals surface area contributed by atoms with E-state index in [1.54, 1.807) is 14.0 Å². The van der Waals surface area contributed by atoms with E-state index in [-0.39, 0.29) is 5.91 Å². The van der Waals surface area contributed by atoms with Crippen molar-refractivity contribution in [3.8, 4) is 17.2 Å². The Labute approximate surface area is 177 Å². The number of amides is 1. The van der Waals surface area contributed by atoms with Crippen LogP contribution in [0.5, 0.6) is 17.2 Å². The molecule has 156 valence electrons. The van der Waals surface area contributed by atoms with E-state index in [2.05, 4.69) is 5.32 Å². The van der Waals surface area contributed by atoms with E-state index >= 15 is 0 Å². The van der Waals surface area contributed by atoms with E-state index < -0.39 is 6.10 Å². The molecule has 1 unspecified atom stereocenters. The Morgan fingerprint density at radius 3 is 2.47 bits per heavy atom. The second-order valence-electron chi connectivity index (χ2n) is 7.05. The van der Waals surface area contributed by atoms with Gasteiger partial charge in [-0.05, 0) is 54.8 Å². The van der Waals surface area contributed by atoms with Gasteiger partial charge in [0.1, 0.15) is 12.4 Å². The van der Waals surface area contributed by atoms with Crippen LogP contribution in [0.15, 0.2) is 72.8 Å². The van der Waals surface area contributed by atoms with Crippen LogP contribution in [-0.4, -0.2) is 19.1 Å². The van der Waals surface area contributed by atoms with Crippen molar-refractivity contribution >= 4 is 5.91 Å². The van der Waals surface area contributed by atoms with Crippen LogP contribution in [0.2, 0.25) is 0 Å². The number of carbonyl (C=O) groups is 1. The van der Waals surface area contributed by atoms with Crippen LogP contribution in [0.1, 0.15) is 23.6 Å². The molecule has 0 spiro atoms. The molecule has 3 rings (SSSR count). The van der Waals surface area contributed by atoms with Gasteiger partial charge in [0.25, 0.3) is 5.91 Å². The van der Waals surface area contributed by atoms with Crippen molar-refractivity contribution < 1.29 is 19.0 Å². The first-order valence-corrected chi connectivity index (χ1v) is 9.90. The molecule has 0 saturated heterocycles. The third-order valence-corrected chi connectivity index (χ3v) is 4.60. The highest BCUT2D eigenvalue weighted by atomic mass is 16.5. The van der Waals surface area contributed by atoms with Gasteiger partial charge in [-0.2, -0.15) is 0 Å². The fraction of sp³-hybridized carbons (Fsp3) is 0.240. The smallest absolute Gasteiger partial charge is 0.261 e. The van der Waals surface area contributed by atoms with E-state index in [0.29, 0.717) is 30.4 Å². The number of carbonyl (C=O) groups excluding carboxylic acids is 1. The summed E-state index contributed by atoms with van der Waals surface area (Å²) in [6.45, 7) is 4.55. The number of hydrogen-bond donors (Lipinski definition) is 1. The normalized spacial score (nSPS) is 11.4. The molecule has 5 nitrogen and oxygen atoms in total. The first-order valence-electron chi connectivity index (χ1n) is 9.90. The molecule has 1 atom stereocenters. The average Bonchev–Trinajstić information content (AvgIpc) is 2.77. The molecule has 3 aromatic rings. The molecule has 0 aromatic heterocycles. The number of nitrogens with one attached hydrogen (secondary N) is 1. The fourth-order valence-electron chi connectivity index (χ4n) is 2.96. The zero-order valence-corrected chi connectivity index (χ0v) is 17.6. The predicted molar refractivity (Wildman–Crippen MR) is 117 cm³/mol. The molecule has 0 radical (unpaired) electrons. The van der Waals surface area contributed by atoms with Gasteiger partial charge in [-0.1, -0.05) is 48.5 Å². The minimum atomic E-state index is -0.595. The van der Waals surface area contributed by atoms with Crippen LogP contribution >= 0.6 is 0 Å². The maximum absolute atomic E-state index is 12.4. The van der Waals surface area contributed by atoms with Gasteiger partial charge in [-0.3, -0.25) is 4.79 Å². The topological polar surface area (TPSA) is 56.8 Å². The zero-order valence-electron chi connectivity index (χ0n) is 17.6. The van der Waals surface area contributed by atoms with Gasteiger partial charge in [0, 0.05) is 6.54 Å². The third-order valence-electron chi connectivity index (χ3n) is 4.60. The van der Waals surface area contributed by atoms with Crippen molar-refractivity contribution in [3.05, 3.63) is 89.5 Å². The second-order valence-corrected chi connectivity index (χ2v) is 7.05. The molecule has 0 heterocycles. The quantitative estimate of drug-likeness (QED) is 0.562. The molecule has 0 aliphatic carbocycles. The van der Waals surface area contributed by atoms with Crippen molar-refractivity contribution in [1.82, 2.24) is 5.32 Å². The average molecular weight is 405 g/mol. The van der Waals surface area contributed by atoms with E-state index in [0.717, 1.165) is 16.7 Å². The molecule has 1 amide bonds. The number of methoxy groups -OCH3 is 1. The Bertz CT molecular complexity index is 972. The second kappa shape index (κ2) is 10.3. The van der Waals surface area contributed by atoms with Crippen molar-refractivity contribution in [3.63, 3.8) is 0 Å². The van der Waals surface area contributed by atoms with E-state index in [9.17, 15) is 4.79 Å². The number of benzene rings is 3. The standard InChI is InChI=1S/C25H27NO4/c1-18-8-7-11-22(14-18)30-19(2)25(27)26-16-21-12-13-23(24(15-21)28-3)29-17-20-9-5-4-6-10-20/h4-15,19H,16-17H2,1-3H3,(H,26,27). The Hall–Kier alpha value is -3.47. The molecular formula is C25H27NO4. The van der Waals surface area contributed by atoms with Gasteiger partial charge in [-0.25, -0.2) is 0 Å². The van der Waals surface area contributed by atoms with Gasteiger partial charge < -0.3 is 19.5 Å². The molecule has 0 fully saturated rings. The molecule has 3 aromatic carbocycles. The summed E-state index contributed by atoms with van der Waals surface area (Å²) in [5, 5.41) is 2.90. The first kappa shape index (κ1) is 21.2. The summed E-state index contributed by atoms with van der Waals surface area (Å²) in [7, 11) is 1.60. The van der Waals surface area contributed by atoms with Crippen LogP contribution in [0.3, 0.4) is 0 Å². The van der Waals surface area contributed by atoms with E-state index in [1.165, 1.54) is 0 Å². The van der Waals surface area contributed by atoms with Gasteiger partial charge in [-0.15, -0.1) is 0 Å². The largest absolute Gasteiger partial charge is 0.493 e. The maximum Gasteiger partial charge on any atom is 0.261 e. The summed E-state index contributed by atoms with van der Waals surface area (Å²) in [5.41, 5.74) is 3.08. The highest BCUT2D eigenvalue weighted by Gasteiger charge is 2.15. The van der Waals surface area contributed by atoms with E-state index in [1.807, 2.05) is 79.7 Å². The lowest BCUT2D eigenvalue weighted by Crippen LogP contribution is -2.35. The Morgan fingerprint density at radius 2 is 1.73 bits per heavy atom. The van der Waals surface area contributed by atoms with Gasteiger partial charge in [0.2, 0.25) is 0 Å². The molecule has 0 bridgehead atoms. The van der Waals surface area contributed by atoms with Crippen molar-refractivity contribution in [2.24, 2.45) is 0 Å². The Kier molecular flexibility index (Phi) is 7.33. The Morgan fingerprint density at radius 1 is 0.933 bits per heavy atom. The summed E-state index contributed by atoms with van der Waals surface area (Å²) in [6, 6.07) is 23.2. The van der Waals surface area contributed by atoms with Crippen LogP contribution < -0.4 is 19.5 Å². The number of hydrogen-bond acceptors (Lipinski definition) is 4. The maximum atomic E-state index is 12.4. The molecule has 1 N–H and O–H groups in total.